The maximum atomic E-state index is 12.8. The molecule has 2 aromatic carbocycles. The molecule has 0 bridgehead atoms. The Hall–Kier alpha value is -2.88. The highest BCUT2D eigenvalue weighted by molar-refractivity contribution is 5.87. The molecule has 4 heteroatoms. The van der Waals surface area contributed by atoms with Gasteiger partial charge in [0, 0.05) is 24.5 Å². The summed E-state index contributed by atoms with van der Waals surface area (Å²) in [7, 11) is 0. The van der Waals surface area contributed by atoms with Crippen molar-refractivity contribution in [3.63, 3.8) is 0 Å². The van der Waals surface area contributed by atoms with E-state index in [2.05, 4.69) is 0 Å². The molecule has 0 radical (unpaired) electrons. The Morgan fingerprint density at radius 1 is 1.00 bits per heavy atom. The summed E-state index contributed by atoms with van der Waals surface area (Å²) in [5.41, 5.74) is 3.50. The van der Waals surface area contributed by atoms with Gasteiger partial charge in [0.1, 0.15) is 6.54 Å². The van der Waals surface area contributed by atoms with Gasteiger partial charge in [-0.3, -0.25) is 9.59 Å². The normalized spacial score (nSPS) is 14.1. The average Bonchev–Trinajstić information content (AvgIpc) is 3.19. The summed E-state index contributed by atoms with van der Waals surface area (Å²) in [4.78, 5) is 27.5. The number of pyridine rings is 1. The third-order valence-electron chi connectivity index (χ3n) is 5.17. The van der Waals surface area contributed by atoms with Crippen LogP contribution in [0.15, 0.2) is 59.4 Å². The first-order chi connectivity index (χ1) is 12.6. The Morgan fingerprint density at radius 2 is 1.73 bits per heavy atom. The van der Waals surface area contributed by atoms with Gasteiger partial charge in [0.25, 0.3) is 0 Å². The second kappa shape index (κ2) is 6.79. The molecule has 0 aliphatic carbocycles. The third kappa shape index (κ3) is 2.92. The number of benzene rings is 2. The van der Waals surface area contributed by atoms with E-state index in [1.54, 1.807) is 6.07 Å². The Labute approximate surface area is 152 Å². The highest BCUT2D eigenvalue weighted by atomic mass is 16.2. The molecule has 0 atom stereocenters. The SMILES string of the molecule is Cc1cccc2c1c(=O)cc(-c1ccccc1)n2CC(=O)N1CCCC1. The number of carbonyl (C=O) groups is 1. The molecule has 0 unspecified atom stereocenters. The zero-order valence-corrected chi connectivity index (χ0v) is 14.9. The van der Waals surface area contributed by atoms with E-state index in [-0.39, 0.29) is 17.9 Å². The van der Waals surface area contributed by atoms with Crippen LogP contribution in [-0.4, -0.2) is 28.5 Å². The van der Waals surface area contributed by atoms with E-state index in [0.29, 0.717) is 5.39 Å². The monoisotopic (exact) mass is 346 g/mol. The zero-order valence-electron chi connectivity index (χ0n) is 14.9. The molecule has 2 heterocycles. The number of aryl methyl sites for hydroxylation is 1. The average molecular weight is 346 g/mol. The molecular weight excluding hydrogens is 324 g/mol. The smallest absolute Gasteiger partial charge is 0.242 e. The van der Waals surface area contributed by atoms with E-state index >= 15 is 0 Å². The lowest BCUT2D eigenvalue weighted by atomic mass is 10.0. The molecule has 0 N–H and O–H groups in total. The van der Waals surface area contributed by atoms with Crippen LogP contribution < -0.4 is 5.43 Å². The van der Waals surface area contributed by atoms with Crippen molar-refractivity contribution < 1.29 is 4.79 Å². The number of fused-ring (bicyclic) bond motifs is 1. The fourth-order valence-electron chi connectivity index (χ4n) is 3.82. The first kappa shape index (κ1) is 16.6. The van der Waals surface area contributed by atoms with Crippen molar-refractivity contribution >= 4 is 16.8 Å². The first-order valence-corrected chi connectivity index (χ1v) is 9.11. The van der Waals surface area contributed by atoms with E-state index in [4.69, 9.17) is 0 Å². The standard InChI is InChI=1S/C22H22N2O2/c1-16-8-7-11-18-22(16)20(25)14-19(17-9-3-2-4-10-17)24(18)15-21(26)23-12-5-6-13-23/h2-4,7-11,14H,5-6,12-13,15H2,1H3. The molecule has 0 spiro atoms. The van der Waals surface area contributed by atoms with Gasteiger partial charge in [0.15, 0.2) is 5.43 Å². The van der Waals surface area contributed by atoms with Gasteiger partial charge >= 0.3 is 0 Å². The van der Waals surface area contributed by atoms with Crippen molar-refractivity contribution in [1.29, 1.82) is 0 Å². The number of likely N-dealkylation sites (tertiary alicyclic amines) is 1. The number of aromatic nitrogens is 1. The Bertz CT molecular complexity index is 1020. The number of hydrogen-bond donors (Lipinski definition) is 0. The molecule has 0 saturated carbocycles. The highest BCUT2D eigenvalue weighted by Crippen LogP contribution is 2.24. The highest BCUT2D eigenvalue weighted by Gasteiger charge is 2.20. The van der Waals surface area contributed by atoms with Crippen LogP contribution in [0.3, 0.4) is 0 Å². The maximum absolute atomic E-state index is 12.8. The quantitative estimate of drug-likeness (QED) is 0.727. The molecule has 1 saturated heterocycles. The molecule has 1 fully saturated rings. The lowest BCUT2D eigenvalue weighted by Gasteiger charge is -2.21. The molecular formula is C22H22N2O2. The number of hydrogen-bond acceptors (Lipinski definition) is 2. The fraction of sp³-hybridized carbons (Fsp3) is 0.273. The number of amides is 1. The predicted molar refractivity (Wildman–Crippen MR) is 104 cm³/mol. The summed E-state index contributed by atoms with van der Waals surface area (Å²) in [6.45, 7) is 3.86. The third-order valence-corrected chi connectivity index (χ3v) is 5.17. The van der Waals surface area contributed by atoms with Crippen LogP contribution in [-0.2, 0) is 11.3 Å². The van der Waals surface area contributed by atoms with Gasteiger partial charge < -0.3 is 9.47 Å². The fourth-order valence-corrected chi connectivity index (χ4v) is 3.82. The summed E-state index contributed by atoms with van der Waals surface area (Å²) in [6, 6.07) is 17.3. The molecule has 4 rings (SSSR count). The van der Waals surface area contributed by atoms with Gasteiger partial charge in [-0.25, -0.2) is 0 Å². The molecule has 3 aromatic rings. The van der Waals surface area contributed by atoms with Gasteiger partial charge in [-0.2, -0.15) is 0 Å². The van der Waals surface area contributed by atoms with Crippen molar-refractivity contribution in [3.8, 4) is 11.3 Å². The van der Waals surface area contributed by atoms with Crippen molar-refractivity contribution in [1.82, 2.24) is 9.47 Å². The van der Waals surface area contributed by atoms with E-state index in [1.165, 1.54) is 0 Å². The maximum Gasteiger partial charge on any atom is 0.242 e. The number of carbonyl (C=O) groups excluding carboxylic acids is 1. The second-order valence-corrected chi connectivity index (χ2v) is 6.90. The summed E-state index contributed by atoms with van der Waals surface area (Å²) in [5, 5.41) is 0.696. The van der Waals surface area contributed by atoms with E-state index in [0.717, 1.165) is 48.3 Å². The molecule has 26 heavy (non-hydrogen) atoms. The predicted octanol–water partition coefficient (Wildman–Crippen LogP) is 3.60. The van der Waals surface area contributed by atoms with Crippen LogP contribution in [0.25, 0.3) is 22.2 Å². The minimum Gasteiger partial charge on any atom is -0.341 e. The van der Waals surface area contributed by atoms with Gasteiger partial charge in [-0.15, -0.1) is 0 Å². The van der Waals surface area contributed by atoms with Gasteiger partial charge in [0.2, 0.25) is 5.91 Å². The van der Waals surface area contributed by atoms with Crippen LogP contribution in [0.5, 0.6) is 0 Å². The molecule has 1 aliphatic rings. The van der Waals surface area contributed by atoms with Crippen LogP contribution in [0.4, 0.5) is 0 Å². The van der Waals surface area contributed by atoms with E-state index in [9.17, 15) is 9.59 Å². The summed E-state index contributed by atoms with van der Waals surface area (Å²) in [6.07, 6.45) is 2.14. The molecule has 1 aromatic heterocycles. The van der Waals surface area contributed by atoms with Crippen molar-refractivity contribution in [2.24, 2.45) is 0 Å². The number of rotatable bonds is 3. The second-order valence-electron chi connectivity index (χ2n) is 6.90. The summed E-state index contributed by atoms with van der Waals surface area (Å²) < 4.78 is 2.00. The molecule has 132 valence electrons. The topological polar surface area (TPSA) is 42.3 Å². The van der Waals surface area contributed by atoms with Crippen molar-refractivity contribution in [2.75, 3.05) is 13.1 Å². The van der Waals surface area contributed by atoms with E-state index in [1.807, 2.05) is 64.9 Å². The summed E-state index contributed by atoms with van der Waals surface area (Å²) in [5.74, 6) is 0.117. The van der Waals surface area contributed by atoms with Gasteiger partial charge in [-0.05, 0) is 37.0 Å². The van der Waals surface area contributed by atoms with Crippen LogP contribution in [0.2, 0.25) is 0 Å². The number of nitrogens with zero attached hydrogens (tertiary/aromatic N) is 2. The summed E-state index contributed by atoms with van der Waals surface area (Å²) >= 11 is 0. The first-order valence-electron chi connectivity index (χ1n) is 9.11. The Morgan fingerprint density at radius 3 is 2.46 bits per heavy atom. The van der Waals surface area contributed by atoms with Gasteiger partial charge in [-0.1, -0.05) is 42.5 Å². The van der Waals surface area contributed by atoms with Gasteiger partial charge in [0.05, 0.1) is 11.2 Å². The van der Waals surface area contributed by atoms with Crippen molar-refractivity contribution in [2.45, 2.75) is 26.3 Å². The van der Waals surface area contributed by atoms with E-state index < -0.39 is 0 Å². The van der Waals surface area contributed by atoms with Crippen LogP contribution in [0.1, 0.15) is 18.4 Å². The zero-order chi connectivity index (χ0) is 18.1. The minimum atomic E-state index is 0.00169. The molecule has 4 nitrogen and oxygen atoms in total. The van der Waals surface area contributed by atoms with Crippen molar-refractivity contribution in [3.05, 3.63) is 70.4 Å². The lowest BCUT2D eigenvalue weighted by molar-refractivity contribution is -0.130. The largest absolute Gasteiger partial charge is 0.341 e. The Kier molecular flexibility index (Phi) is 4.33. The lowest BCUT2D eigenvalue weighted by Crippen LogP contribution is -2.32. The minimum absolute atomic E-state index is 0.00169. The van der Waals surface area contributed by atoms with Crippen LogP contribution >= 0.6 is 0 Å². The molecule has 1 amide bonds. The van der Waals surface area contributed by atoms with Crippen LogP contribution in [0, 0.1) is 6.92 Å². The Balaban J connectivity index is 1.92. The molecule has 1 aliphatic heterocycles.